The number of hydrogen-bond acceptors (Lipinski definition) is 4. The van der Waals surface area contributed by atoms with Crippen molar-refractivity contribution in [3.8, 4) is 0 Å². The molecule has 0 spiro atoms. The van der Waals surface area contributed by atoms with Crippen molar-refractivity contribution in [2.75, 3.05) is 19.7 Å². The minimum atomic E-state index is -3.70. The molecular weight excluding hydrogens is 338 g/mol. The van der Waals surface area contributed by atoms with Crippen molar-refractivity contribution in [1.29, 1.82) is 0 Å². The summed E-state index contributed by atoms with van der Waals surface area (Å²) in [7, 11) is -3.70. The Morgan fingerprint density at radius 2 is 1.68 bits per heavy atom. The Labute approximate surface area is 148 Å². The summed E-state index contributed by atoms with van der Waals surface area (Å²) in [6.45, 7) is 1.92. The van der Waals surface area contributed by atoms with Crippen LogP contribution in [0.4, 0.5) is 0 Å². The summed E-state index contributed by atoms with van der Waals surface area (Å²) in [4.78, 5) is 0.208. The zero-order valence-corrected chi connectivity index (χ0v) is 14.9. The van der Waals surface area contributed by atoms with Crippen LogP contribution in [-0.2, 0) is 10.0 Å². The van der Waals surface area contributed by atoms with Gasteiger partial charge in [-0.3, -0.25) is 0 Å². The van der Waals surface area contributed by atoms with Gasteiger partial charge in [-0.1, -0.05) is 48.0 Å². The number of sulfonamides is 1. The number of rotatable bonds is 4. The number of aryl methyl sites for hydroxylation is 1. The highest BCUT2D eigenvalue weighted by Crippen LogP contribution is 2.35. The first-order valence-corrected chi connectivity index (χ1v) is 9.78. The molecule has 0 saturated carbocycles. The van der Waals surface area contributed by atoms with E-state index in [1.165, 1.54) is 4.31 Å². The number of benzene rings is 2. The molecule has 2 N–H and O–H groups in total. The van der Waals surface area contributed by atoms with Gasteiger partial charge in [0.25, 0.3) is 0 Å². The molecule has 0 unspecified atom stereocenters. The summed E-state index contributed by atoms with van der Waals surface area (Å²) in [5.41, 5.74) is 1.90. The number of aliphatic hydroxyl groups is 2. The molecule has 0 radical (unpaired) electrons. The van der Waals surface area contributed by atoms with E-state index in [4.69, 9.17) is 0 Å². The van der Waals surface area contributed by atoms with Gasteiger partial charge < -0.3 is 10.2 Å². The second-order valence-corrected chi connectivity index (χ2v) is 8.52. The maximum Gasteiger partial charge on any atom is 0.243 e. The van der Waals surface area contributed by atoms with Crippen molar-refractivity contribution in [3.63, 3.8) is 0 Å². The summed E-state index contributed by atoms with van der Waals surface area (Å²) < 4.78 is 27.0. The zero-order chi connectivity index (χ0) is 18.0. The van der Waals surface area contributed by atoms with Crippen LogP contribution in [0.25, 0.3) is 0 Å². The lowest BCUT2D eigenvalue weighted by molar-refractivity contribution is 0.0300. The first-order valence-electron chi connectivity index (χ1n) is 8.34. The van der Waals surface area contributed by atoms with Crippen LogP contribution in [0.5, 0.6) is 0 Å². The van der Waals surface area contributed by atoms with Gasteiger partial charge in [0, 0.05) is 31.5 Å². The lowest BCUT2D eigenvalue weighted by atomic mass is 9.80. The van der Waals surface area contributed by atoms with Gasteiger partial charge in [0.15, 0.2) is 0 Å². The molecule has 25 heavy (non-hydrogen) atoms. The zero-order valence-electron chi connectivity index (χ0n) is 14.1. The number of nitrogens with zero attached hydrogens (tertiary/aromatic N) is 1. The van der Waals surface area contributed by atoms with E-state index < -0.39 is 16.1 Å². The van der Waals surface area contributed by atoms with E-state index in [2.05, 4.69) is 0 Å². The lowest BCUT2D eigenvalue weighted by Crippen LogP contribution is -2.51. The van der Waals surface area contributed by atoms with Crippen LogP contribution in [0.3, 0.4) is 0 Å². The third-order valence-corrected chi connectivity index (χ3v) is 6.67. The minimum Gasteiger partial charge on any atom is -0.396 e. The molecule has 0 aromatic heterocycles. The highest BCUT2D eigenvalue weighted by molar-refractivity contribution is 7.89. The molecule has 3 rings (SSSR count). The van der Waals surface area contributed by atoms with Gasteiger partial charge in [0.05, 0.1) is 11.0 Å². The molecule has 1 aliphatic heterocycles. The molecule has 134 valence electrons. The van der Waals surface area contributed by atoms with Crippen LogP contribution >= 0.6 is 0 Å². The van der Waals surface area contributed by atoms with Gasteiger partial charge >= 0.3 is 0 Å². The number of piperidine rings is 1. The fourth-order valence-corrected chi connectivity index (χ4v) is 5.00. The minimum absolute atomic E-state index is 0.0201. The first-order chi connectivity index (χ1) is 11.9. The second kappa shape index (κ2) is 7.25. The topological polar surface area (TPSA) is 77.8 Å². The quantitative estimate of drug-likeness (QED) is 0.870. The van der Waals surface area contributed by atoms with Gasteiger partial charge in [-0.2, -0.15) is 4.31 Å². The van der Waals surface area contributed by atoms with E-state index in [1.54, 1.807) is 24.3 Å². The molecule has 1 heterocycles. The third-order valence-electron chi connectivity index (χ3n) is 4.83. The summed E-state index contributed by atoms with van der Waals surface area (Å²) in [5.74, 6) is -0.637. The fourth-order valence-electron chi connectivity index (χ4n) is 3.48. The molecular formula is C19H23NO4S. The summed E-state index contributed by atoms with van der Waals surface area (Å²) in [5, 5.41) is 20.4. The van der Waals surface area contributed by atoms with E-state index >= 15 is 0 Å². The van der Waals surface area contributed by atoms with Crippen molar-refractivity contribution >= 4 is 10.0 Å². The highest BCUT2D eigenvalue weighted by atomic mass is 32.2. The first kappa shape index (κ1) is 18.1. The van der Waals surface area contributed by atoms with Crippen molar-refractivity contribution in [3.05, 3.63) is 65.7 Å². The average molecular weight is 361 g/mol. The smallest absolute Gasteiger partial charge is 0.243 e. The predicted octanol–water partition coefficient (Wildman–Crippen LogP) is 1.75. The number of β-amino-alcohol motifs (C(OH)–C–C–N with tert-alkyl or cyclic N) is 1. The summed E-state index contributed by atoms with van der Waals surface area (Å²) in [6.07, 6.45) is -0.867. The van der Waals surface area contributed by atoms with E-state index in [0.29, 0.717) is 0 Å². The number of aliphatic hydroxyl groups excluding tert-OH is 2. The Morgan fingerprint density at radius 3 is 2.28 bits per heavy atom. The van der Waals surface area contributed by atoms with Crippen LogP contribution in [0.2, 0.25) is 0 Å². The maximum atomic E-state index is 12.9. The lowest BCUT2D eigenvalue weighted by Gasteiger charge is -2.40. The Morgan fingerprint density at radius 1 is 1.04 bits per heavy atom. The van der Waals surface area contributed by atoms with Crippen molar-refractivity contribution < 1.29 is 18.6 Å². The maximum absolute atomic E-state index is 12.9. The monoisotopic (exact) mass is 361 g/mol. The molecule has 0 amide bonds. The van der Waals surface area contributed by atoms with Crippen molar-refractivity contribution in [2.45, 2.75) is 23.8 Å². The number of hydrogen-bond donors (Lipinski definition) is 2. The SMILES string of the molecule is Cc1ccc(S(=O)(=O)N2C[C@H](CO)[C@@H](c3ccccc3)[C@H](O)C2)cc1. The fraction of sp³-hybridized carbons (Fsp3) is 0.368. The van der Waals surface area contributed by atoms with E-state index in [-0.39, 0.29) is 36.4 Å². The van der Waals surface area contributed by atoms with Gasteiger partial charge in [0.1, 0.15) is 0 Å². The molecule has 6 heteroatoms. The standard InChI is InChI=1S/C19H23NO4S/c1-14-7-9-17(10-8-14)25(23,24)20-11-16(13-21)19(18(22)12-20)15-5-3-2-4-6-15/h2-10,16,18-19,21-22H,11-13H2,1H3/t16-,18-,19-/m1/s1. The normalized spacial score (nSPS) is 25.0. The van der Waals surface area contributed by atoms with Gasteiger partial charge in [-0.25, -0.2) is 8.42 Å². The molecule has 1 aliphatic rings. The van der Waals surface area contributed by atoms with Gasteiger partial charge in [-0.15, -0.1) is 0 Å². The van der Waals surface area contributed by atoms with Crippen LogP contribution in [0.15, 0.2) is 59.5 Å². The Bertz CT molecular complexity index is 805. The van der Waals surface area contributed by atoms with Gasteiger partial charge in [0.2, 0.25) is 10.0 Å². The average Bonchev–Trinajstić information content (AvgIpc) is 2.62. The molecule has 5 nitrogen and oxygen atoms in total. The summed E-state index contributed by atoms with van der Waals surface area (Å²) >= 11 is 0. The molecule has 2 aromatic carbocycles. The van der Waals surface area contributed by atoms with Crippen LogP contribution in [0, 0.1) is 12.8 Å². The molecule has 3 atom stereocenters. The molecule has 2 aromatic rings. The predicted molar refractivity (Wildman–Crippen MR) is 95.7 cm³/mol. The van der Waals surface area contributed by atoms with Crippen molar-refractivity contribution in [2.24, 2.45) is 5.92 Å². The molecule has 1 saturated heterocycles. The van der Waals surface area contributed by atoms with E-state index in [1.807, 2.05) is 37.3 Å². The molecule has 1 fully saturated rings. The van der Waals surface area contributed by atoms with Crippen LogP contribution in [0.1, 0.15) is 17.0 Å². The Hall–Kier alpha value is -1.73. The Kier molecular flexibility index (Phi) is 5.24. The molecule has 0 aliphatic carbocycles. The van der Waals surface area contributed by atoms with E-state index in [0.717, 1.165) is 11.1 Å². The second-order valence-electron chi connectivity index (χ2n) is 6.58. The third kappa shape index (κ3) is 3.62. The Balaban J connectivity index is 1.88. The van der Waals surface area contributed by atoms with Gasteiger partial charge in [-0.05, 0) is 24.6 Å². The van der Waals surface area contributed by atoms with Crippen LogP contribution in [-0.4, -0.2) is 48.7 Å². The highest BCUT2D eigenvalue weighted by Gasteiger charge is 2.41. The van der Waals surface area contributed by atoms with Crippen molar-refractivity contribution in [1.82, 2.24) is 4.31 Å². The summed E-state index contributed by atoms with van der Waals surface area (Å²) in [6, 6.07) is 16.1. The van der Waals surface area contributed by atoms with Crippen LogP contribution < -0.4 is 0 Å². The van der Waals surface area contributed by atoms with E-state index in [9.17, 15) is 18.6 Å². The molecule has 0 bridgehead atoms. The largest absolute Gasteiger partial charge is 0.396 e.